The summed E-state index contributed by atoms with van der Waals surface area (Å²) >= 11 is 0. The molecule has 0 saturated carbocycles. The quantitative estimate of drug-likeness (QED) is 0.274. The Morgan fingerprint density at radius 1 is 0.938 bits per heavy atom. The van der Waals surface area contributed by atoms with Crippen molar-refractivity contribution in [1.29, 1.82) is 0 Å². The Hall–Kier alpha value is 0.331. The highest BCUT2D eigenvalue weighted by molar-refractivity contribution is 6.57. The minimum atomic E-state index is -4.14. The molecule has 0 fully saturated rings. The second kappa shape index (κ2) is 5.32. The smallest absolute Gasteiger partial charge is 0.390 e. The molecule has 5 N–H and O–H groups in total. The van der Waals surface area contributed by atoms with Gasteiger partial charge in [0, 0.05) is 13.1 Å². The minimum Gasteiger partial charge on any atom is -0.390 e. The minimum absolute atomic E-state index is 0.945. The Balaban J connectivity index is 4.75. The van der Waals surface area contributed by atoms with Crippen LogP contribution in [0.3, 0.4) is 0 Å². The van der Waals surface area contributed by atoms with Crippen LogP contribution in [0.15, 0.2) is 0 Å². The fourth-order valence-corrected chi connectivity index (χ4v) is 2.98. The summed E-state index contributed by atoms with van der Waals surface area (Å²) < 4.78 is 13.7. The first-order valence-electron chi connectivity index (χ1n) is 4.53. The Labute approximate surface area is 97.1 Å². The molecule has 0 aromatic rings. The number of rotatable bonds is 6. The van der Waals surface area contributed by atoms with Crippen LogP contribution in [0.25, 0.3) is 0 Å². The van der Waals surface area contributed by atoms with Gasteiger partial charge >= 0.3 is 23.8 Å². The lowest BCUT2D eigenvalue weighted by molar-refractivity contribution is -0.413. The SMILES string of the molecule is C[SiH](C)OC(O)(O[Si](C)(O)O)O[Si](C)(O)O. The second-order valence-electron chi connectivity index (χ2n) is 3.76. The van der Waals surface area contributed by atoms with Crippen molar-refractivity contribution in [2.45, 2.75) is 32.3 Å². The molecule has 0 bridgehead atoms. The summed E-state index contributed by atoms with van der Waals surface area (Å²) in [5.74, 6) is 0. The molecule has 0 rings (SSSR count). The third-order valence-corrected chi connectivity index (χ3v) is 3.09. The van der Waals surface area contributed by atoms with Gasteiger partial charge in [0.15, 0.2) is 9.04 Å². The van der Waals surface area contributed by atoms with Crippen molar-refractivity contribution in [3.63, 3.8) is 0 Å². The van der Waals surface area contributed by atoms with Crippen LogP contribution in [0.5, 0.6) is 0 Å². The van der Waals surface area contributed by atoms with E-state index >= 15 is 0 Å². The third kappa shape index (κ3) is 8.48. The Bertz CT molecular complexity index is 205. The van der Waals surface area contributed by atoms with Crippen molar-refractivity contribution >= 4 is 26.6 Å². The molecule has 0 amide bonds. The summed E-state index contributed by atoms with van der Waals surface area (Å²) in [5, 5.41) is 9.65. The Kier molecular flexibility index (Phi) is 5.43. The number of aliphatic hydroxyl groups is 1. The van der Waals surface area contributed by atoms with E-state index in [9.17, 15) is 5.11 Å². The second-order valence-corrected chi connectivity index (χ2v) is 10.2. The maximum atomic E-state index is 9.65. The standard InChI is InChI=1S/C5H18O8Si3/c1-14(2)11-5(6,12-15(3,7)8)13-16(4,9)10/h6-10,14H,1-4H3. The van der Waals surface area contributed by atoms with Gasteiger partial charge in [0.2, 0.25) is 0 Å². The first-order valence-corrected chi connectivity index (χ1v) is 11.9. The zero-order chi connectivity index (χ0) is 13.2. The van der Waals surface area contributed by atoms with Crippen molar-refractivity contribution in [2.75, 3.05) is 0 Å². The molecule has 0 unspecified atom stereocenters. The van der Waals surface area contributed by atoms with Gasteiger partial charge in [0.1, 0.15) is 0 Å². The fraction of sp³-hybridized carbons (Fsp3) is 1.00. The van der Waals surface area contributed by atoms with E-state index in [1.54, 1.807) is 13.1 Å². The van der Waals surface area contributed by atoms with E-state index in [4.69, 9.17) is 23.6 Å². The van der Waals surface area contributed by atoms with E-state index in [2.05, 4.69) is 8.85 Å². The van der Waals surface area contributed by atoms with Gasteiger partial charge in [0.25, 0.3) is 0 Å². The zero-order valence-corrected chi connectivity index (χ0v) is 12.7. The molecular weight excluding hydrogens is 272 g/mol. The normalized spacial score (nSPS) is 14.6. The van der Waals surface area contributed by atoms with E-state index in [0.717, 1.165) is 13.1 Å². The first kappa shape index (κ1) is 16.3. The molecule has 0 aromatic heterocycles. The molecule has 0 saturated heterocycles. The highest BCUT2D eigenvalue weighted by atomic mass is 28.4. The molecule has 8 nitrogen and oxygen atoms in total. The molecule has 11 heteroatoms. The molecular formula is C5H18O8Si3. The molecule has 0 aromatic carbocycles. The summed E-state index contributed by atoms with van der Waals surface area (Å²) in [6.07, 6.45) is -2.82. The van der Waals surface area contributed by atoms with Gasteiger partial charge in [-0.15, -0.1) is 0 Å². The summed E-state index contributed by atoms with van der Waals surface area (Å²) in [5.41, 5.74) is 0. The zero-order valence-electron chi connectivity index (χ0n) is 9.54. The van der Waals surface area contributed by atoms with Gasteiger partial charge in [-0.3, -0.25) is 8.85 Å². The van der Waals surface area contributed by atoms with Gasteiger partial charge in [-0.05, 0) is 13.1 Å². The molecule has 0 spiro atoms. The van der Waals surface area contributed by atoms with Crippen LogP contribution in [0, 0.1) is 0 Å². The van der Waals surface area contributed by atoms with Crippen molar-refractivity contribution in [1.82, 2.24) is 0 Å². The van der Waals surface area contributed by atoms with E-state index in [1.807, 2.05) is 0 Å². The highest BCUT2D eigenvalue weighted by Gasteiger charge is 2.47. The molecule has 0 aliphatic heterocycles. The molecule has 0 aliphatic carbocycles. The van der Waals surface area contributed by atoms with Crippen LogP contribution >= 0.6 is 0 Å². The van der Waals surface area contributed by atoms with Crippen LogP contribution in [-0.2, 0) is 13.3 Å². The average molecular weight is 290 g/mol. The summed E-state index contributed by atoms with van der Waals surface area (Å²) in [6, 6.07) is 0. The fourth-order valence-electron chi connectivity index (χ4n) is 0.855. The number of hydrogen-bond acceptors (Lipinski definition) is 8. The van der Waals surface area contributed by atoms with Crippen molar-refractivity contribution in [2.24, 2.45) is 0 Å². The lowest BCUT2D eigenvalue weighted by atomic mass is 11.2. The maximum absolute atomic E-state index is 9.65. The van der Waals surface area contributed by atoms with E-state index in [0.29, 0.717) is 0 Å². The monoisotopic (exact) mass is 290 g/mol. The van der Waals surface area contributed by atoms with Gasteiger partial charge in [-0.25, -0.2) is 0 Å². The predicted octanol–water partition coefficient (Wildman–Crippen LogP) is -2.27. The summed E-state index contributed by atoms with van der Waals surface area (Å²) in [4.78, 5) is 36.3. The van der Waals surface area contributed by atoms with E-state index in [1.165, 1.54) is 0 Å². The van der Waals surface area contributed by atoms with Gasteiger partial charge in [0.05, 0.1) is 0 Å². The number of hydrogen-bond donors (Lipinski definition) is 5. The van der Waals surface area contributed by atoms with E-state index in [-0.39, 0.29) is 0 Å². The van der Waals surface area contributed by atoms with Gasteiger partial charge in [-0.2, -0.15) is 0 Å². The van der Waals surface area contributed by atoms with Crippen LogP contribution in [0.1, 0.15) is 0 Å². The largest absolute Gasteiger partial charge is 0.497 e. The topological polar surface area (TPSA) is 129 Å². The Morgan fingerprint density at radius 2 is 1.25 bits per heavy atom. The predicted molar refractivity (Wildman–Crippen MR) is 59.2 cm³/mol. The molecule has 0 aliphatic rings. The first-order chi connectivity index (χ1) is 6.83. The van der Waals surface area contributed by atoms with Crippen LogP contribution in [-0.4, -0.2) is 57.1 Å². The van der Waals surface area contributed by atoms with Crippen LogP contribution in [0.2, 0.25) is 26.2 Å². The van der Waals surface area contributed by atoms with Gasteiger partial charge < -0.3 is 28.7 Å². The summed E-state index contributed by atoms with van der Waals surface area (Å²) in [7, 11) is -10.1. The third-order valence-electron chi connectivity index (χ3n) is 1.03. The highest BCUT2D eigenvalue weighted by Crippen LogP contribution is 2.20. The summed E-state index contributed by atoms with van der Waals surface area (Å²) in [6.45, 7) is 5.19. The van der Waals surface area contributed by atoms with E-state index < -0.39 is 32.8 Å². The molecule has 0 heterocycles. The average Bonchev–Trinajstić information content (AvgIpc) is 1.69. The van der Waals surface area contributed by atoms with Crippen LogP contribution in [0.4, 0.5) is 0 Å². The molecule has 16 heavy (non-hydrogen) atoms. The maximum Gasteiger partial charge on any atom is 0.497 e. The Morgan fingerprint density at radius 3 is 1.44 bits per heavy atom. The van der Waals surface area contributed by atoms with Crippen molar-refractivity contribution in [3.05, 3.63) is 0 Å². The lowest BCUT2D eigenvalue weighted by Crippen LogP contribution is -2.57. The molecule has 0 radical (unpaired) electrons. The van der Waals surface area contributed by atoms with Crippen molar-refractivity contribution in [3.8, 4) is 0 Å². The lowest BCUT2D eigenvalue weighted by Gasteiger charge is -2.34. The van der Waals surface area contributed by atoms with Gasteiger partial charge in [-0.1, -0.05) is 0 Å². The van der Waals surface area contributed by atoms with Crippen LogP contribution < -0.4 is 0 Å². The molecule has 0 atom stereocenters. The van der Waals surface area contributed by atoms with Crippen molar-refractivity contribution < 1.29 is 37.6 Å². The molecule has 98 valence electrons.